The number of hydrogen-bond donors (Lipinski definition) is 0. The highest BCUT2D eigenvalue weighted by atomic mass is 35.5. The van der Waals surface area contributed by atoms with E-state index < -0.39 is 4.92 Å². The number of halogens is 1. The molecule has 0 heterocycles. The van der Waals surface area contributed by atoms with Crippen molar-refractivity contribution in [3.05, 3.63) is 111 Å². The second-order valence-corrected chi connectivity index (χ2v) is 6.13. The van der Waals surface area contributed by atoms with Crippen LogP contribution in [0.2, 0.25) is 5.02 Å². The van der Waals surface area contributed by atoms with E-state index in [1.807, 2.05) is 12.1 Å². The molecule has 0 amide bonds. The summed E-state index contributed by atoms with van der Waals surface area (Å²) in [4.78, 5) is 23.3. The van der Waals surface area contributed by atoms with E-state index in [1.165, 1.54) is 18.3 Å². The van der Waals surface area contributed by atoms with Crippen LogP contribution in [0.1, 0.15) is 21.5 Å². The van der Waals surface area contributed by atoms with Crippen LogP contribution in [-0.2, 0) is 0 Å². The predicted molar refractivity (Wildman–Crippen MR) is 109 cm³/mol. The highest BCUT2D eigenvalue weighted by Gasteiger charge is 2.16. The van der Waals surface area contributed by atoms with Gasteiger partial charge in [0.05, 0.1) is 11.1 Å². The molecule has 0 bridgehead atoms. The molecule has 28 heavy (non-hydrogen) atoms. The third-order valence-electron chi connectivity index (χ3n) is 3.83. The summed E-state index contributed by atoms with van der Waals surface area (Å²) in [6.45, 7) is 0. The van der Waals surface area contributed by atoms with Gasteiger partial charge in [-0.1, -0.05) is 78.3 Å². The van der Waals surface area contributed by atoms with E-state index in [2.05, 4.69) is 10.2 Å². The van der Waals surface area contributed by atoms with Gasteiger partial charge in [0.15, 0.2) is 0 Å². The lowest BCUT2D eigenvalue weighted by Crippen LogP contribution is -2.15. The monoisotopic (exact) mass is 391 g/mol. The Morgan fingerprint density at radius 2 is 1.54 bits per heavy atom. The average molecular weight is 392 g/mol. The third-order valence-corrected chi connectivity index (χ3v) is 4.15. The number of nitro benzene ring substituents is 1. The number of carbonyl (C=O) groups is 1. The largest absolute Gasteiger partial charge is 0.288 e. The first kappa shape index (κ1) is 19.1. The fraction of sp³-hybridized carbons (Fsp3) is 0. The van der Waals surface area contributed by atoms with E-state index in [9.17, 15) is 14.9 Å². The molecule has 0 saturated carbocycles. The Kier molecular flexibility index (Phi) is 6.04. The summed E-state index contributed by atoms with van der Waals surface area (Å²) in [5.41, 5.74) is 1.50. The van der Waals surface area contributed by atoms with Gasteiger partial charge in [-0.15, -0.1) is 5.10 Å². The first-order valence-electron chi connectivity index (χ1n) is 8.26. The zero-order valence-corrected chi connectivity index (χ0v) is 15.3. The molecule has 0 atom stereocenters. The van der Waals surface area contributed by atoms with Gasteiger partial charge in [0.1, 0.15) is 10.7 Å². The van der Waals surface area contributed by atoms with Crippen LogP contribution in [-0.4, -0.2) is 22.6 Å². The Labute approximate surface area is 166 Å². The average Bonchev–Trinajstić information content (AvgIpc) is 2.73. The van der Waals surface area contributed by atoms with Gasteiger partial charge in [-0.3, -0.25) is 14.9 Å². The van der Waals surface area contributed by atoms with Crippen molar-refractivity contribution < 1.29 is 9.72 Å². The van der Waals surface area contributed by atoms with Crippen LogP contribution in [0, 0.1) is 10.1 Å². The van der Waals surface area contributed by atoms with Gasteiger partial charge in [0.25, 0.3) is 5.69 Å². The molecule has 0 N–H and O–H groups in total. The molecule has 0 spiro atoms. The van der Waals surface area contributed by atoms with Crippen LogP contribution in [0.25, 0.3) is 0 Å². The minimum Gasteiger partial charge on any atom is -0.287 e. The summed E-state index contributed by atoms with van der Waals surface area (Å²) < 4.78 is 0. The van der Waals surface area contributed by atoms with Crippen molar-refractivity contribution in [2.75, 3.05) is 0 Å². The molecule has 0 saturated heterocycles. The summed E-state index contributed by atoms with van der Waals surface area (Å²) >= 11 is 5.81. The molecule has 0 aliphatic carbocycles. The predicted octanol–water partition coefficient (Wildman–Crippen LogP) is 4.95. The number of ketones is 1. The molecule has 0 unspecified atom stereocenters. The maximum atomic E-state index is 12.9. The van der Waals surface area contributed by atoms with Gasteiger partial charge < -0.3 is 0 Å². The van der Waals surface area contributed by atoms with Crippen LogP contribution in [0.15, 0.2) is 89.1 Å². The fourth-order valence-corrected chi connectivity index (χ4v) is 2.65. The SMILES string of the molecule is O=C(/C(=N/N=C\c1ccc(Cl)c([N+](=O)[O-])c1)c1ccccc1)c1ccccc1. The molecule has 0 radical (unpaired) electrons. The lowest BCUT2D eigenvalue weighted by Gasteiger charge is -2.04. The van der Waals surface area contributed by atoms with E-state index >= 15 is 0 Å². The second kappa shape index (κ2) is 8.83. The number of Topliss-reactive ketones (excluding diaryl/α,β-unsaturated/α-hetero) is 1. The molecule has 7 heteroatoms. The summed E-state index contributed by atoms with van der Waals surface area (Å²) in [6, 6.07) is 22.0. The third kappa shape index (κ3) is 4.55. The van der Waals surface area contributed by atoms with E-state index in [1.54, 1.807) is 54.6 Å². The molecule has 0 aliphatic rings. The summed E-state index contributed by atoms with van der Waals surface area (Å²) in [7, 11) is 0. The minimum atomic E-state index is -0.572. The molecule has 0 fully saturated rings. The van der Waals surface area contributed by atoms with Gasteiger partial charge >= 0.3 is 0 Å². The number of nitrogens with zero attached hydrogens (tertiary/aromatic N) is 3. The van der Waals surface area contributed by atoms with Crippen molar-refractivity contribution in [2.45, 2.75) is 0 Å². The number of nitro groups is 1. The van der Waals surface area contributed by atoms with Crippen LogP contribution in [0.5, 0.6) is 0 Å². The molecule has 0 aliphatic heterocycles. The topological polar surface area (TPSA) is 84.9 Å². The van der Waals surface area contributed by atoms with E-state index in [-0.39, 0.29) is 22.2 Å². The van der Waals surface area contributed by atoms with Crippen LogP contribution >= 0.6 is 11.6 Å². The maximum absolute atomic E-state index is 12.9. The van der Waals surface area contributed by atoms with Crippen molar-refractivity contribution in [2.24, 2.45) is 10.2 Å². The highest BCUT2D eigenvalue weighted by Crippen LogP contribution is 2.24. The highest BCUT2D eigenvalue weighted by molar-refractivity contribution is 6.51. The normalized spacial score (nSPS) is 11.5. The van der Waals surface area contributed by atoms with Crippen molar-refractivity contribution >= 4 is 35.0 Å². The van der Waals surface area contributed by atoms with Crippen LogP contribution in [0.3, 0.4) is 0 Å². The molecular formula is C21H14ClN3O3. The Balaban J connectivity index is 1.96. The fourth-order valence-electron chi connectivity index (χ4n) is 2.46. The summed E-state index contributed by atoms with van der Waals surface area (Å²) in [5.74, 6) is -0.272. The quantitative estimate of drug-likeness (QED) is 0.258. The maximum Gasteiger partial charge on any atom is 0.288 e. The van der Waals surface area contributed by atoms with Gasteiger partial charge in [-0.05, 0) is 6.07 Å². The van der Waals surface area contributed by atoms with Gasteiger partial charge in [0.2, 0.25) is 5.78 Å². The van der Waals surface area contributed by atoms with Gasteiger partial charge in [-0.2, -0.15) is 5.10 Å². The first-order valence-corrected chi connectivity index (χ1v) is 8.64. The Hall–Kier alpha value is -3.64. The summed E-state index contributed by atoms with van der Waals surface area (Å²) in [5, 5.41) is 19.1. The molecule has 0 aromatic heterocycles. The van der Waals surface area contributed by atoms with Crippen molar-refractivity contribution in [3.63, 3.8) is 0 Å². The number of benzene rings is 3. The lowest BCUT2D eigenvalue weighted by atomic mass is 10.0. The van der Waals surface area contributed by atoms with Crippen molar-refractivity contribution in [1.29, 1.82) is 0 Å². The van der Waals surface area contributed by atoms with Gasteiger partial charge in [-0.25, -0.2) is 0 Å². The van der Waals surface area contributed by atoms with Crippen molar-refractivity contribution in [1.82, 2.24) is 0 Å². The zero-order chi connectivity index (χ0) is 19.9. The smallest absolute Gasteiger partial charge is 0.287 e. The molecule has 6 nitrogen and oxygen atoms in total. The molecule has 3 aromatic carbocycles. The Morgan fingerprint density at radius 3 is 2.14 bits per heavy atom. The van der Waals surface area contributed by atoms with Crippen molar-refractivity contribution in [3.8, 4) is 0 Å². The number of hydrogen-bond acceptors (Lipinski definition) is 5. The molecular weight excluding hydrogens is 378 g/mol. The number of carbonyl (C=O) groups excluding carboxylic acids is 1. The lowest BCUT2D eigenvalue weighted by molar-refractivity contribution is -0.384. The first-order chi connectivity index (χ1) is 13.6. The molecule has 3 aromatic rings. The van der Waals surface area contributed by atoms with E-state index in [0.717, 1.165) is 0 Å². The van der Waals surface area contributed by atoms with E-state index in [0.29, 0.717) is 16.7 Å². The van der Waals surface area contributed by atoms with Crippen LogP contribution in [0.4, 0.5) is 5.69 Å². The molecule has 3 rings (SSSR count). The Morgan fingerprint density at radius 1 is 0.929 bits per heavy atom. The molecule has 138 valence electrons. The van der Waals surface area contributed by atoms with Gasteiger partial charge in [0, 0.05) is 22.8 Å². The summed E-state index contributed by atoms with van der Waals surface area (Å²) in [6.07, 6.45) is 1.34. The van der Waals surface area contributed by atoms with Crippen LogP contribution < -0.4 is 0 Å². The minimum absolute atomic E-state index is 0.0369. The van der Waals surface area contributed by atoms with E-state index in [4.69, 9.17) is 11.6 Å². The second-order valence-electron chi connectivity index (χ2n) is 5.72. The zero-order valence-electron chi connectivity index (χ0n) is 14.5. The number of rotatable bonds is 6. The Bertz CT molecular complexity index is 1060. The standard InChI is InChI=1S/C21H14ClN3O3/c22-18-12-11-15(13-19(18)25(27)28)14-23-24-20(16-7-3-1-4-8-16)21(26)17-9-5-2-6-10-17/h1-14H/b23-14-,24-20+.